The van der Waals surface area contributed by atoms with Crippen LogP contribution in [0.5, 0.6) is 0 Å². The molecule has 0 aromatic heterocycles. The zero-order valence-corrected chi connectivity index (χ0v) is 12.2. The number of amides is 2. The van der Waals surface area contributed by atoms with Gasteiger partial charge in [0.2, 0.25) is 0 Å². The molecule has 0 bridgehead atoms. The Morgan fingerprint density at radius 3 is 2.62 bits per heavy atom. The van der Waals surface area contributed by atoms with Crippen molar-refractivity contribution in [3.63, 3.8) is 0 Å². The highest BCUT2D eigenvalue weighted by atomic mass is 16.4. The number of carboxylic acid groups (broad SMARTS) is 2. The van der Waals surface area contributed by atoms with Gasteiger partial charge in [0.25, 0.3) is 0 Å². The quantitative estimate of drug-likeness (QED) is 0.504. The highest BCUT2D eigenvalue weighted by Crippen LogP contribution is 2.15. The summed E-state index contributed by atoms with van der Waals surface area (Å²) in [6, 6.07) is -1.48. The molecule has 0 aromatic carbocycles. The minimum atomic E-state index is -1.23. The summed E-state index contributed by atoms with van der Waals surface area (Å²) in [6.45, 7) is 4.46. The Hall–Kier alpha value is -1.83. The van der Waals surface area contributed by atoms with Gasteiger partial charge in [-0.3, -0.25) is 9.69 Å². The highest BCUT2D eigenvalue weighted by Gasteiger charge is 2.24. The first kappa shape index (κ1) is 17.2. The van der Waals surface area contributed by atoms with Crippen LogP contribution in [0.25, 0.3) is 0 Å². The van der Waals surface area contributed by atoms with Crippen molar-refractivity contribution < 1.29 is 24.6 Å². The summed E-state index contributed by atoms with van der Waals surface area (Å²) in [5.74, 6) is -2.32. The molecule has 21 heavy (non-hydrogen) atoms. The van der Waals surface area contributed by atoms with Gasteiger partial charge in [0.1, 0.15) is 6.04 Å². The number of hydrogen-bond acceptors (Lipinski definition) is 4. The van der Waals surface area contributed by atoms with Gasteiger partial charge in [-0.15, -0.1) is 0 Å². The van der Waals surface area contributed by atoms with Crippen LogP contribution in [-0.4, -0.2) is 64.8 Å². The first-order valence-electron chi connectivity index (χ1n) is 7.17. The number of likely N-dealkylation sites (tertiary alicyclic amines) is 1. The maximum atomic E-state index is 11.7. The van der Waals surface area contributed by atoms with Gasteiger partial charge in [0, 0.05) is 19.0 Å². The van der Waals surface area contributed by atoms with Crippen molar-refractivity contribution in [2.24, 2.45) is 0 Å². The maximum Gasteiger partial charge on any atom is 0.326 e. The van der Waals surface area contributed by atoms with Crippen LogP contribution < -0.4 is 10.6 Å². The molecule has 1 rings (SSSR count). The fraction of sp³-hybridized carbons (Fsp3) is 0.769. The number of likely N-dealkylation sites (N-methyl/N-ethyl adjacent to an activating group) is 1. The molecule has 2 atom stereocenters. The number of urea groups is 1. The highest BCUT2D eigenvalue weighted by molar-refractivity contribution is 5.83. The van der Waals surface area contributed by atoms with Crippen molar-refractivity contribution >= 4 is 18.0 Å². The molecular formula is C13H23N3O5. The van der Waals surface area contributed by atoms with Gasteiger partial charge in [0.15, 0.2) is 0 Å². The molecule has 1 fully saturated rings. The minimum Gasteiger partial charge on any atom is -0.481 e. The molecule has 4 N–H and O–H groups in total. The van der Waals surface area contributed by atoms with Gasteiger partial charge >= 0.3 is 18.0 Å². The predicted octanol–water partition coefficient (Wildman–Crippen LogP) is 0.0879. The largest absolute Gasteiger partial charge is 0.481 e. The Labute approximate surface area is 123 Å². The zero-order chi connectivity index (χ0) is 15.8. The van der Waals surface area contributed by atoms with Crippen LogP contribution in [-0.2, 0) is 9.59 Å². The van der Waals surface area contributed by atoms with Crippen LogP contribution >= 0.6 is 0 Å². The normalized spacial score (nSPS) is 20.0. The lowest BCUT2D eigenvalue weighted by Gasteiger charge is -2.23. The average Bonchev–Trinajstić information content (AvgIpc) is 2.88. The Morgan fingerprint density at radius 1 is 1.33 bits per heavy atom. The van der Waals surface area contributed by atoms with Crippen LogP contribution in [0.4, 0.5) is 4.79 Å². The molecule has 1 aliphatic rings. The summed E-state index contributed by atoms with van der Waals surface area (Å²) in [7, 11) is 0. The summed E-state index contributed by atoms with van der Waals surface area (Å²) in [4.78, 5) is 35.4. The molecule has 8 heteroatoms. The lowest BCUT2D eigenvalue weighted by Crippen LogP contribution is -2.49. The van der Waals surface area contributed by atoms with E-state index in [0.29, 0.717) is 6.54 Å². The third-order valence-corrected chi connectivity index (χ3v) is 3.65. The van der Waals surface area contributed by atoms with E-state index in [1.165, 1.54) is 0 Å². The Kier molecular flexibility index (Phi) is 6.93. The van der Waals surface area contributed by atoms with Crippen molar-refractivity contribution in [3.8, 4) is 0 Å². The summed E-state index contributed by atoms with van der Waals surface area (Å²) in [5, 5.41) is 22.5. The molecule has 0 spiro atoms. The summed E-state index contributed by atoms with van der Waals surface area (Å²) >= 11 is 0. The van der Waals surface area contributed by atoms with Gasteiger partial charge in [-0.1, -0.05) is 6.92 Å². The molecule has 0 aromatic rings. The van der Waals surface area contributed by atoms with E-state index < -0.39 is 24.0 Å². The SMILES string of the molecule is CCN1CCCC1CNC(=O)NC(CCC(=O)O)C(=O)O. The van der Waals surface area contributed by atoms with E-state index in [9.17, 15) is 14.4 Å². The topological polar surface area (TPSA) is 119 Å². The van der Waals surface area contributed by atoms with E-state index in [1.807, 2.05) is 0 Å². The predicted molar refractivity (Wildman–Crippen MR) is 75.1 cm³/mol. The summed E-state index contributed by atoms with van der Waals surface area (Å²) in [5.41, 5.74) is 0. The van der Waals surface area contributed by atoms with Crippen LogP contribution in [0, 0.1) is 0 Å². The smallest absolute Gasteiger partial charge is 0.326 e. The van der Waals surface area contributed by atoms with E-state index in [2.05, 4.69) is 22.5 Å². The number of rotatable bonds is 8. The van der Waals surface area contributed by atoms with Crippen molar-refractivity contribution in [1.29, 1.82) is 0 Å². The van der Waals surface area contributed by atoms with Gasteiger partial charge in [-0.05, 0) is 32.4 Å². The standard InChI is InChI=1S/C13H23N3O5/c1-2-16-7-3-4-9(16)8-14-13(21)15-10(12(19)20)5-6-11(17)18/h9-10H,2-8H2,1H3,(H,17,18)(H,19,20)(H2,14,15,21). The number of carbonyl (C=O) groups is 3. The van der Waals surface area contributed by atoms with E-state index in [-0.39, 0.29) is 18.9 Å². The van der Waals surface area contributed by atoms with Crippen LogP contribution in [0.15, 0.2) is 0 Å². The molecule has 8 nitrogen and oxygen atoms in total. The molecule has 2 unspecified atom stereocenters. The second-order valence-electron chi connectivity index (χ2n) is 5.10. The molecule has 0 aliphatic carbocycles. The number of carboxylic acids is 2. The van der Waals surface area contributed by atoms with Crippen LogP contribution in [0.3, 0.4) is 0 Å². The molecule has 0 radical (unpaired) electrons. The van der Waals surface area contributed by atoms with E-state index in [4.69, 9.17) is 10.2 Å². The Morgan fingerprint density at radius 2 is 2.05 bits per heavy atom. The molecule has 120 valence electrons. The van der Waals surface area contributed by atoms with Crippen molar-refractivity contribution in [2.45, 2.75) is 44.7 Å². The molecule has 1 aliphatic heterocycles. The van der Waals surface area contributed by atoms with Crippen molar-refractivity contribution in [1.82, 2.24) is 15.5 Å². The zero-order valence-electron chi connectivity index (χ0n) is 12.2. The number of hydrogen-bond donors (Lipinski definition) is 4. The van der Waals surface area contributed by atoms with Crippen LogP contribution in [0.1, 0.15) is 32.6 Å². The first-order valence-corrected chi connectivity index (χ1v) is 7.17. The number of aliphatic carboxylic acids is 2. The van der Waals surface area contributed by atoms with Gasteiger partial charge in [-0.2, -0.15) is 0 Å². The van der Waals surface area contributed by atoms with Gasteiger partial charge in [0.05, 0.1) is 0 Å². The third-order valence-electron chi connectivity index (χ3n) is 3.65. The first-order chi connectivity index (χ1) is 9.93. The van der Waals surface area contributed by atoms with Gasteiger partial charge in [-0.25, -0.2) is 9.59 Å². The second kappa shape index (κ2) is 8.46. The second-order valence-corrected chi connectivity index (χ2v) is 5.10. The van der Waals surface area contributed by atoms with Gasteiger partial charge < -0.3 is 20.8 Å². The third kappa shape index (κ3) is 5.99. The number of carbonyl (C=O) groups excluding carboxylic acids is 1. The number of nitrogens with zero attached hydrogens (tertiary/aromatic N) is 1. The van der Waals surface area contributed by atoms with Crippen molar-refractivity contribution in [2.75, 3.05) is 19.6 Å². The fourth-order valence-electron chi connectivity index (χ4n) is 2.49. The fourth-order valence-corrected chi connectivity index (χ4v) is 2.49. The number of nitrogens with one attached hydrogen (secondary N) is 2. The van der Waals surface area contributed by atoms with E-state index in [1.54, 1.807) is 0 Å². The van der Waals surface area contributed by atoms with Crippen molar-refractivity contribution in [3.05, 3.63) is 0 Å². The summed E-state index contributed by atoms with van der Waals surface area (Å²) in [6.07, 6.45) is 1.67. The molecule has 2 amide bonds. The molecule has 0 saturated carbocycles. The van der Waals surface area contributed by atoms with Crippen LogP contribution in [0.2, 0.25) is 0 Å². The molecule has 1 saturated heterocycles. The molecule has 1 heterocycles. The Bertz CT molecular complexity index is 388. The monoisotopic (exact) mass is 301 g/mol. The minimum absolute atomic E-state index is 0.136. The van der Waals surface area contributed by atoms with E-state index >= 15 is 0 Å². The van der Waals surface area contributed by atoms with E-state index in [0.717, 1.165) is 25.9 Å². The maximum absolute atomic E-state index is 11.7. The lowest BCUT2D eigenvalue weighted by molar-refractivity contribution is -0.140. The Balaban J connectivity index is 2.36. The lowest BCUT2D eigenvalue weighted by atomic mass is 10.1. The average molecular weight is 301 g/mol. The summed E-state index contributed by atoms with van der Waals surface area (Å²) < 4.78 is 0. The molecular weight excluding hydrogens is 278 g/mol.